The van der Waals surface area contributed by atoms with Gasteiger partial charge in [0.05, 0.1) is 0 Å². The summed E-state index contributed by atoms with van der Waals surface area (Å²) in [4.78, 5) is 0. The van der Waals surface area contributed by atoms with Gasteiger partial charge in [-0.3, -0.25) is 0 Å². The van der Waals surface area contributed by atoms with E-state index in [0.717, 1.165) is 0 Å². The molecule has 0 N–H and O–H groups in total. The summed E-state index contributed by atoms with van der Waals surface area (Å²) in [6.07, 6.45) is 2.41. The zero-order chi connectivity index (χ0) is 4.12. The smallest absolute Gasteiger partial charge is 0.0217 e. The van der Waals surface area contributed by atoms with Crippen molar-refractivity contribution in [3.8, 4) is 0 Å². The molecule has 1 unspecified atom stereocenters. The predicted molar refractivity (Wildman–Crippen MR) is 29.3 cm³/mol. The fourth-order valence-electron chi connectivity index (χ4n) is 0.0945. The highest BCUT2D eigenvalue weighted by atomic mass is 35.7. The quantitative estimate of drug-likeness (QED) is 0.478. The van der Waals surface area contributed by atoms with E-state index in [1.54, 1.807) is 0 Å². The fraction of sp³-hybridized carbons (Fsp3) is 1.00. The van der Waals surface area contributed by atoms with Crippen LogP contribution < -0.4 is 0 Å². The maximum atomic E-state index is 5.33. The molecule has 5 heavy (non-hydrogen) atoms. The van der Waals surface area contributed by atoms with Gasteiger partial charge in [-0.05, 0) is 14.1 Å². The molecule has 0 bridgehead atoms. The van der Waals surface area contributed by atoms with E-state index in [4.69, 9.17) is 11.2 Å². The summed E-state index contributed by atoms with van der Waals surface area (Å²) in [5.74, 6) is 0. The Kier molecular flexibility index (Phi) is 5.40. The Bertz CT molecular complexity index is 14.4. The van der Waals surface area contributed by atoms with Crippen LogP contribution in [0.15, 0.2) is 0 Å². The van der Waals surface area contributed by atoms with Crippen LogP contribution in [0.5, 0.6) is 0 Å². The van der Waals surface area contributed by atoms with Crippen LogP contribution in [0.3, 0.4) is 0 Å². The van der Waals surface area contributed by atoms with E-state index >= 15 is 0 Å². The van der Waals surface area contributed by atoms with Crippen molar-refractivity contribution in [1.82, 2.24) is 0 Å². The van der Waals surface area contributed by atoms with Crippen LogP contribution in [-0.4, -0.2) is 6.16 Å². The molecule has 1 atom stereocenters. The van der Waals surface area contributed by atoms with E-state index in [9.17, 15) is 0 Å². The Morgan fingerprint density at radius 1 is 1.80 bits per heavy atom. The van der Waals surface area contributed by atoms with Crippen LogP contribution in [0, 0.1) is 0 Å². The Morgan fingerprint density at radius 3 is 2.40 bits per heavy atom. The molecule has 0 saturated carbocycles. The van der Waals surface area contributed by atoms with Crippen molar-refractivity contribution in [2.45, 2.75) is 13.3 Å². The van der Waals surface area contributed by atoms with Crippen LogP contribution >= 0.6 is 19.2 Å². The van der Waals surface area contributed by atoms with Crippen molar-refractivity contribution in [1.29, 1.82) is 0 Å². The molecule has 0 aromatic heterocycles. The zero-order valence-corrected chi connectivity index (χ0v) is 5.05. The Morgan fingerprint density at radius 2 is 2.40 bits per heavy atom. The van der Waals surface area contributed by atoms with Crippen molar-refractivity contribution in [2.75, 3.05) is 6.16 Å². The summed E-state index contributed by atoms with van der Waals surface area (Å²) in [6.45, 7) is 2.13. The molecule has 0 aromatic carbocycles. The van der Waals surface area contributed by atoms with Gasteiger partial charge in [0, 0.05) is 0 Å². The SMILES string of the molecule is CCCPCl. The highest BCUT2D eigenvalue weighted by Crippen LogP contribution is 2.15. The summed E-state index contributed by atoms with van der Waals surface area (Å²) >= 11 is 5.33. The second-order valence-corrected chi connectivity index (χ2v) is 2.45. The largest absolute Gasteiger partial charge is 0.100 e. The molecule has 0 spiro atoms. The average molecular weight is 111 g/mol. The summed E-state index contributed by atoms with van der Waals surface area (Å²) in [7, 11) is 0.630. The lowest BCUT2D eigenvalue weighted by Gasteiger charge is -1.77. The van der Waals surface area contributed by atoms with Crippen molar-refractivity contribution < 1.29 is 0 Å². The van der Waals surface area contributed by atoms with Gasteiger partial charge in [0.15, 0.2) is 0 Å². The first-order valence-electron chi connectivity index (χ1n) is 1.75. The van der Waals surface area contributed by atoms with Gasteiger partial charge in [-0.2, -0.15) is 0 Å². The number of hydrogen-bond acceptors (Lipinski definition) is 0. The molecule has 2 heteroatoms. The van der Waals surface area contributed by atoms with Crippen molar-refractivity contribution >= 4 is 19.2 Å². The second kappa shape index (κ2) is 4.72. The van der Waals surface area contributed by atoms with Gasteiger partial charge in [0.2, 0.25) is 0 Å². The minimum Gasteiger partial charge on any atom is -0.100 e. The fourth-order valence-corrected chi connectivity index (χ4v) is 0.850. The molecule has 0 rings (SSSR count). The van der Waals surface area contributed by atoms with Crippen molar-refractivity contribution in [2.24, 2.45) is 0 Å². The van der Waals surface area contributed by atoms with Crippen molar-refractivity contribution in [3.63, 3.8) is 0 Å². The highest BCUT2D eigenvalue weighted by molar-refractivity contribution is 7.68. The lowest BCUT2D eigenvalue weighted by atomic mass is 10.6. The van der Waals surface area contributed by atoms with Gasteiger partial charge in [-0.1, -0.05) is 13.3 Å². The van der Waals surface area contributed by atoms with Gasteiger partial charge in [-0.25, -0.2) is 0 Å². The van der Waals surface area contributed by atoms with Crippen LogP contribution in [0.4, 0.5) is 0 Å². The van der Waals surface area contributed by atoms with Gasteiger partial charge in [0.25, 0.3) is 0 Å². The lowest BCUT2D eigenvalue weighted by Crippen LogP contribution is -1.58. The van der Waals surface area contributed by atoms with Crippen molar-refractivity contribution in [3.05, 3.63) is 0 Å². The van der Waals surface area contributed by atoms with E-state index < -0.39 is 0 Å². The summed E-state index contributed by atoms with van der Waals surface area (Å²) in [6, 6.07) is 0. The molecule has 0 radical (unpaired) electrons. The normalized spacial score (nSPS) is 10.8. The first-order chi connectivity index (χ1) is 2.41. The standard InChI is InChI=1S/C3H8ClP/c1-2-3-5-4/h5H,2-3H2,1H3. The second-order valence-electron chi connectivity index (χ2n) is 0.884. The highest BCUT2D eigenvalue weighted by Gasteiger charge is 1.69. The Labute approximate surface area is 39.5 Å². The molecule has 0 aliphatic rings. The molecule has 32 valence electrons. The molecule has 0 saturated heterocycles. The molecule has 0 fully saturated rings. The van der Waals surface area contributed by atoms with E-state index in [2.05, 4.69) is 6.92 Å². The number of halogens is 1. The minimum atomic E-state index is 0.630. The third-order valence-corrected chi connectivity index (χ3v) is 1.60. The first-order valence-corrected chi connectivity index (χ1v) is 3.97. The minimum absolute atomic E-state index is 0.630. The topological polar surface area (TPSA) is 0 Å². The molecule has 0 nitrogen and oxygen atoms in total. The van der Waals surface area contributed by atoms with Gasteiger partial charge >= 0.3 is 0 Å². The predicted octanol–water partition coefficient (Wildman–Crippen LogP) is 2.23. The zero-order valence-electron chi connectivity index (χ0n) is 3.29. The van der Waals surface area contributed by atoms with E-state index in [0.29, 0.717) is 7.93 Å². The third-order valence-electron chi connectivity index (χ3n) is 0.344. The molecular weight excluding hydrogens is 102 g/mol. The maximum Gasteiger partial charge on any atom is -0.0217 e. The molecule has 0 aliphatic heterocycles. The summed E-state index contributed by atoms with van der Waals surface area (Å²) in [5, 5.41) is 0. The first kappa shape index (κ1) is 5.72. The van der Waals surface area contributed by atoms with E-state index in [-0.39, 0.29) is 0 Å². The monoisotopic (exact) mass is 110 g/mol. The molecule has 0 aromatic rings. The Balaban J connectivity index is 2.19. The molecular formula is C3H8ClP. The summed E-state index contributed by atoms with van der Waals surface area (Å²) in [5.41, 5.74) is 0. The van der Waals surface area contributed by atoms with Crippen LogP contribution in [0.2, 0.25) is 0 Å². The third kappa shape index (κ3) is 4.72. The van der Waals surface area contributed by atoms with E-state index in [1.807, 2.05) is 0 Å². The molecule has 0 aliphatic carbocycles. The van der Waals surface area contributed by atoms with Gasteiger partial charge in [-0.15, -0.1) is 11.2 Å². The number of hydrogen-bond donors (Lipinski definition) is 0. The molecule has 0 heterocycles. The Hall–Kier alpha value is 0.720. The lowest BCUT2D eigenvalue weighted by molar-refractivity contribution is 1.11. The van der Waals surface area contributed by atoms with Crippen LogP contribution in [0.1, 0.15) is 13.3 Å². The number of rotatable bonds is 2. The van der Waals surface area contributed by atoms with Crippen LogP contribution in [0.25, 0.3) is 0 Å². The van der Waals surface area contributed by atoms with Crippen LogP contribution in [-0.2, 0) is 0 Å². The molecule has 0 amide bonds. The van der Waals surface area contributed by atoms with Gasteiger partial charge in [0.1, 0.15) is 0 Å². The van der Waals surface area contributed by atoms with E-state index in [1.165, 1.54) is 12.6 Å². The summed E-state index contributed by atoms with van der Waals surface area (Å²) < 4.78 is 0. The average Bonchev–Trinajstić information content (AvgIpc) is 1.41. The van der Waals surface area contributed by atoms with Gasteiger partial charge < -0.3 is 0 Å². The maximum absolute atomic E-state index is 5.33.